The maximum absolute atomic E-state index is 12.7. The summed E-state index contributed by atoms with van der Waals surface area (Å²) < 4.78 is 11.1. The molecular weight excluding hydrogens is 370 g/mol. The third-order valence-corrected chi connectivity index (χ3v) is 4.92. The fraction of sp³-hybridized carbons (Fsp3) is 0.409. The van der Waals surface area contributed by atoms with Crippen molar-refractivity contribution in [1.82, 2.24) is 15.4 Å². The van der Waals surface area contributed by atoms with Gasteiger partial charge in [0.05, 0.1) is 5.56 Å². The van der Waals surface area contributed by atoms with Crippen LogP contribution < -0.4 is 10.1 Å². The Morgan fingerprint density at radius 3 is 2.76 bits per heavy atom. The number of rotatable bonds is 5. The van der Waals surface area contributed by atoms with Crippen molar-refractivity contribution in [3.8, 4) is 17.6 Å². The fourth-order valence-electron chi connectivity index (χ4n) is 3.27. The highest BCUT2D eigenvalue weighted by Crippen LogP contribution is 2.19. The molecule has 1 aromatic heterocycles. The van der Waals surface area contributed by atoms with E-state index in [2.05, 4.69) is 22.3 Å². The molecule has 1 aliphatic heterocycles. The molecule has 0 saturated carbocycles. The maximum Gasteiger partial charge on any atom is 0.298 e. The Balaban J connectivity index is 1.59. The number of likely N-dealkylation sites (tertiary alicyclic amines) is 1. The summed E-state index contributed by atoms with van der Waals surface area (Å²) in [6, 6.07) is 7.68. The summed E-state index contributed by atoms with van der Waals surface area (Å²) >= 11 is 0. The zero-order valence-corrected chi connectivity index (χ0v) is 16.9. The molecule has 7 nitrogen and oxygen atoms in total. The van der Waals surface area contributed by atoms with Crippen LogP contribution in [0.5, 0.6) is 5.75 Å². The molecule has 152 valence electrons. The van der Waals surface area contributed by atoms with Gasteiger partial charge in [-0.1, -0.05) is 23.2 Å². The number of carbonyl (C=O) groups is 2. The predicted molar refractivity (Wildman–Crippen MR) is 107 cm³/mol. The van der Waals surface area contributed by atoms with Gasteiger partial charge in [0, 0.05) is 19.1 Å². The van der Waals surface area contributed by atoms with Gasteiger partial charge in [0.15, 0.2) is 5.69 Å². The number of hydrogen-bond donors (Lipinski definition) is 1. The average molecular weight is 395 g/mol. The van der Waals surface area contributed by atoms with Crippen LogP contribution in [0.3, 0.4) is 0 Å². The van der Waals surface area contributed by atoms with E-state index in [0.717, 1.165) is 11.3 Å². The minimum absolute atomic E-state index is 0.0244. The van der Waals surface area contributed by atoms with Crippen LogP contribution in [-0.4, -0.2) is 41.0 Å². The molecule has 1 N–H and O–H groups in total. The lowest BCUT2D eigenvalue weighted by Gasteiger charge is -2.31. The Labute approximate surface area is 170 Å². The Morgan fingerprint density at radius 2 is 2.07 bits per heavy atom. The molecule has 0 spiro atoms. The Morgan fingerprint density at radius 1 is 1.31 bits per heavy atom. The maximum atomic E-state index is 12.7. The molecule has 2 heterocycles. The normalized spacial score (nSPS) is 14.1. The van der Waals surface area contributed by atoms with E-state index in [9.17, 15) is 9.59 Å². The molecule has 1 saturated heterocycles. The van der Waals surface area contributed by atoms with Crippen LogP contribution in [0.2, 0.25) is 0 Å². The van der Waals surface area contributed by atoms with Crippen LogP contribution in [0.1, 0.15) is 47.1 Å². The van der Waals surface area contributed by atoms with Gasteiger partial charge < -0.3 is 19.5 Å². The molecule has 1 aromatic carbocycles. The average Bonchev–Trinajstić information content (AvgIpc) is 3.08. The van der Waals surface area contributed by atoms with E-state index in [1.54, 1.807) is 18.7 Å². The van der Waals surface area contributed by atoms with Crippen LogP contribution in [-0.2, 0) is 11.4 Å². The highest BCUT2D eigenvalue weighted by atomic mass is 16.5. The first-order valence-electron chi connectivity index (χ1n) is 9.65. The van der Waals surface area contributed by atoms with Gasteiger partial charge in [-0.3, -0.25) is 9.59 Å². The third-order valence-electron chi connectivity index (χ3n) is 4.92. The quantitative estimate of drug-likeness (QED) is 0.787. The van der Waals surface area contributed by atoms with E-state index >= 15 is 0 Å². The van der Waals surface area contributed by atoms with Crippen molar-refractivity contribution in [2.24, 2.45) is 0 Å². The second-order valence-electron chi connectivity index (χ2n) is 7.09. The first-order valence-corrected chi connectivity index (χ1v) is 9.65. The predicted octanol–water partition coefficient (Wildman–Crippen LogP) is 2.61. The lowest BCUT2D eigenvalue weighted by atomic mass is 10.0. The largest absolute Gasteiger partial charge is 0.489 e. The van der Waals surface area contributed by atoms with Crippen molar-refractivity contribution in [2.45, 2.75) is 46.3 Å². The zero-order valence-electron chi connectivity index (χ0n) is 16.9. The summed E-state index contributed by atoms with van der Waals surface area (Å²) in [6.07, 6.45) is 1.35. The molecule has 3 rings (SSSR count). The van der Waals surface area contributed by atoms with E-state index in [-0.39, 0.29) is 30.2 Å². The van der Waals surface area contributed by atoms with Crippen LogP contribution in [0, 0.1) is 25.7 Å². The number of carbonyl (C=O) groups excluding carboxylic acids is 2. The van der Waals surface area contributed by atoms with Crippen molar-refractivity contribution >= 4 is 11.8 Å². The van der Waals surface area contributed by atoms with Gasteiger partial charge in [-0.2, -0.15) is 0 Å². The summed E-state index contributed by atoms with van der Waals surface area (Å²) in [5.74, 6) is 6.00. The number of piperidine rings is 1. The van der Waals surface area contributed by atoms with Crippen molar-refractivity contribution in [2.75, 3.05) is 13.1 Å². The van der Waals surface area contributed by atoms with Gasteiger partial charge in [-0.15, -0.1) is 0 Å². The highest BCUT2D eigenvalue weighted by Gasteiger charge is 2.26. The smallest absolute Gasteiger partial charge is 0.298 e. The summed E-state index contributed by atoms with van der Waals surface area (Å²) in [5.41, 5.74) is 1.97. The van der Waals surface area contributed by atoms with Crippen molar-refractivity contribution in [1.29, 1.82) is 0 Å². The third kappa shape index (κ3) is 5.17. The minimum atomic E-state index is -0.289. The molecule has 0 aliphatic carbocycles. The summed E-state index contributed by atoms with van der Waals surface area (Å²) in [6.45, 7) is 6.73. The molecule has 0 radical (unpaired) electrons. The highest BCUT2D eigenvalue weighted by molar-refractivity contribution is 5.94. The van der Waals surface area contributed by atoms with Crippen molar-refractivity contribution in [3.05, 3.63) is 46.8 Å². The number of ether oxygens (including phenoxy) is 1. The van der Waals surface area contributed by atoms with E-state index in [1.807, 2.05) is 31.2 Å². The van der Waals surface area contributed by atoms with Gasteiger partial charge in [-0.05, 0) is 57.2 Å². The number of nitrogens with one attached hydrogen (secondary N) is 1. The molecule has 2 aromatic rings. The first kappa shape index (κ1) is 20.5. The summed E-state index contributed by atoms with van der Waals surface area (Å²) in [5, 5.41) is 6.93. The minimum Gasteiger partial charge on any atom is -0.489 e. The monoisotopic (exact) mass is 395 g/mol. The molecule has 7 heteroatoms. The first-order chi connectivity index (χ1) is 14.0. The van der Waals surface area contributed by atoms with Crippen molar-refractivity contribution < 1.29 is 18.8 Å². The SMILES string of the molecule is CC#CC(=O)N1CCC(NC(=O)c2noc(C)c2COc2cccc(C)c2)CC1. The molecular formula is C22H25N3O4. The molecule has 1 fully saturated rings. The van der Waals surface area contributed by atoms with Crippen molar-refractivity contribution in [3.63, 3.8) is 0 Å². The molecule has 0 bridgehead atoms. The van der Waals surface area contributed by atoms with Crippen LogP contribution >= 0.6 is 0 Å². The van der Waals surface area contributed by atoms with Gasteiger partial charge in [0.1, 0.15) is 18.1 Å². The van der Waals surface area contributed by atoms with E-state index < -0.39 is 0 Å². The Kier molecular flexibility index (Phi) is 6.55. The number of aromatic nitrogens is 1. The number of hydrogen-bond acceptors (Lipinski definition) is 5. The molecule has 29 heavy (non-hydrogen) atoms. The number of benzene rings is 1. The van der Waals surface area contributed by atoms with Crippen LogP contribution in [0.15, 0.2) is 28.8 Å². The number of aryl methyl sites for hydroxylation is 2. The van der Waals surface area contributed by atoms with Gasteiger partial charge in [0.2, 0.25) is 0 Å². The van der Waals surface area contributed by atoms with Crippen LogP contribution in [0.4, 0.5) is 0 Å². The standard InChI is InChI=1S/C22H25N3O4/c1-4-6-20(26)25-11-9-17(10-12-25)23-22(27)21-19(16(3)29-24-21)14-28-18-8-5-7-15(2)13-18/h5,7-8,13,17H,9-12,14H2,1-3H3,(H,23,27). The molecule has 1 aliphatic rings. The van der Waals surface area contributed by atoms with E-state index in [0.29, 0.717) is 37.3 Å². The van der Waals surface area contributed by atoms with Gasteiger partial charge in [-0.25, -0.2) is 0 Å². The fourth-order valence-corrected chi connectivity index (χ4v) is 3.27. The molecule has 2 amide bonds. The Bertz CT molecular complexity index is 946. The Hall–Kier alpha value is -3.27. The zero-order chi connectivity index (χ0) is 20.8. The lowest BCUT2D eigenvalue weighted by molar-refractivity contribution is -0.126. The number of nitrogens with zero attached hydrogens (tertiary/aromatic N) is 2. The lowest BCUT2D eigenvalue weighted by Crippen LogP contribution is -2.46. The molecule has 0 unspecified atom stereocenters. The van der Waals surface area contributed by atoms with Crippen LogP contribution in [0.25, 0.3) is 0 Å². The van der Waals surface area contributed by atoms with Gasteiger partial charge >= 0.3 is 0 Å². The van der Waals surface area contributed by atoms with E-state index in [4.69, 9.17) is 9.26 Å². The topological polar surface area (TPSA) is 84.7 Å². The van der Waals surface area contributed by atoms with E-state index in [1.165, 1.54) is 0 Å². The summed E-state index contributed by atoms with van der Waals surface area (Å²) in [4.78, 5) is 26.3. The molecule has 0 atom stereocenters. The number of amides is 2. The second kappa shape index (κ2) is 9.28. The summed E-state index contributed by atoms with van der Waals surface area (Å²) in [7, 11) is 0. The second-order valence-corrected chi connectivity index (χ2v) is 7.09. The van der Waals surface area contributed by atoms with Gasteiger partial charge in [0.25, 0.3) is 11.8 Å².